The first kappa shape index (κ1) is 12.4. The van der Waals surface area contributed by atoms with Gasteiger partial charge >= 0.3 is 0 Å². The first-order valence-corrected chi connectivity index (χ1v) is 6.18. The number of aromatic amines is 1. The number of aromatic nitrogens is 4. The molecule has 0 spiro atoms. The molecule has 0 unspecified atom stereocenters. The van der Waals surface area contributed by atoms with Crippen LogP contribution in [0.5, 0.6) is 0 Å². The lowest BCUT2D eigenvalue weighted by atomic mass is 10.2. The van der Waals surface area contributed by atoms with E-state index in [0.717, 1.165) is 5.69 Å². The zero-order valence-corrected chi connectivity index (χ0v) is 11.3. The minimum atomic E-state index is 0.112. The maximum absolute atomic E-state index is 9.19. The van der Waals surface area contributed by atoms with Gasteiger partial charge in [0.25, 0.3) is 0 Å². The lowest BCUT2D eigenvalue weighted by Gasteiger charge is -2.19. The van der Waals surface area contributed by atoms with E-state index in [2.05, 4.69) is 26.0 Å². The average Bonchev–Trinajstić information content (AvgIpc) is 2.93. The summed E-state index contributed by atoms with van der Waals surface area (Å²) in [6.45, 7) is 0. The third-order valence-corrected chi connectivity index (χ3v) is 3.11. The molecule has 0 aliphatic carbocycles. The van der Waals surface area contributed by atoms with Gasteiger partial charge in [-0.05, 0) is 23.7 Å². The van der Waals surface area contributed by atoms with E-state index in [4.69, 9.17) is 11.6 Å². The van der Waals surface area contributed by atoms with Gasteiger partial charge in [-0.3, -0.25) is 0 Å². The van der Waals surface area contributed by atoms with Crippen LogP contribution >= 0.6 is 11.6 Å². The predicted octanol–water partition coefficient (Wildman–Crippen LogP) is 2.65. The van der Waals surface area contributed by atoms with Crippen molar-refractivity contribution in [1.29, 1.82) is 5.26 Å². The largest absolute Gasteiger partial charge is 0.340 e. The number of rotatable bonds is 2. The quantitative estimate of drug-likeness (QED) is 0.732. The van der Waals surface area contributed by atoms with Gasteiger partial charge in [-0.1, -0.05) is 12.1 Å². The average molecular weight is 285 g/mol. The summed E-state index contributed by atoms with van der Waals surface area (Å²) in [6.07, 6.45) is 1.53. The Labute approximate surface area is 119 Å². The van der Waals surface area contributed by atoms with E-state index in [1.807, 2.05) is 25.2 Å². The van der Waals surface area contributed by atoms with Gasteiger partial charge in [0.05, 0.1) is 17.6 Å². The Bertz CT molecular complexity index is 819. The van der Waals surface area contributed by atoms with E-state index < -0.39 is 0 Å². The normalized spacial score (nSPS) is 10.4. The third-order valence-electron chi connectivity index (χ3n) is 2.94. The predicted molar refractivity (Wildman–Crippen MR) is 75.9 cm³/mol. The standard InChI is InChI=1S/C13H9ClN6/c1-20(9-5-3-2-4-8(9)6-15)12-10-11(17-7-16-10)18-13(14)19-12/h2-5,7H,1H3,(H,16,17,18,19). The number of imidazole rings is 1. The fourth-order valence-corrected chi connectivity index (χ4v) is 2.17. The summed E-state index contributed by atoms with van der Waals surface area (Å²) < 4.78 is 0. The molecule has 7 heteroatoms. The van der Waals surface area contributed by atoms with E-state index in [1.54, 1.807) is 11.0 Å². The molecule has 0 aliphatic rings. The molecule has 98 valence electrons. The van der Waals surface area contributed by atoms with Crippen molar-refractivity contribution in [3.63, 3.8) is 0 Å². The fourth-order valence-electron chi connectivity index (χ4n) is 2.01. The molecule has 1 N–H and O–H groups in total. The molecule has 0 saturated heterocycles. The number of para-hydroxylation sites is 1. The Morgan fingerprint density at radius 2 is 2.10 bits per heavy atom. The van der Waals surface area contributed by atoms with E-state index in [9.17, 15) is 5.26 Å². The van der Waals surface area contributed by atoms with Crippen LogP contribution in [0.15, 0.2) is 30.6 Å². The molecule has 1 aromatic carbocycles. The fraction of sp³-hybridized carbons (Fsp3) is 0.0769. The van der Waals surface area contributed by atoms with Gasteiger partial charge in [-0.25, -0.2) is 4.98 Å². The van der Waals surface area contributed by atoms with Crippen molar-refractivity contribution in [3.05, 3.63) is 41.4 Å². The molecule has 0 amide bonds. The molecule has 2 aromatic heterocycles. The number of nitriles is 1. The molecule has 0 bridgehead atoms. The van der Waals surface area contributed by atoms with Gasteiger partial charge in [0, 0.05) is 7.05 Å². The van der Waals surface area contributed by atoms with Crippen LogP contribution in [0, 0.1) is 11.3 Å². The molecule has 3 rings (SSSR count). The van der Waals surface area contributed by atoms with Crippen molar-refractivity contribution in [1.82, 2.24) is 19.9 Å². The summed E-state index contributed by atoms with van der Waals surface area (Å²) >= 11 is 5.92. The molecular formula is C13H9ClN6. The van der Waals surface area contributed by atoms with E-state index in [0.29, 0.717) is 22.5 Å². The number of nitrogens with zero attached hydrogens (tertiary/aromatic N) is 5. The number of fused-ring (bicyclic) bond motifs is 1. The highest BCUT2D eigenvalue weighted by Gasteiger charge is 2.16. The Kier molecular flexibility index (Phi) is 2.97. The summed E-state index contributed by atoms with van der Waals surface area (Å²) in [5, 5.41) is 9.30. The van der Waals surface area contributed by atoms with Crippen LogP contribution in [-0.2, 0) is 0 Å². The van der Waals surface area contributed by atoms with E-state index in [-0.39, 0.29) is 5.28 Å². The highest BCUT2D eigenvalue weighted by Crippen LogP contribution is 2.29. The van der Waals surface area contributed by atoms with Crippen molar-refractivity contribution in [3.8, 4) is 6.07 Å². The Hall–Kier alpha value is -2.65. The van der Waals surface area contributed by atoms with E-state index >= 15 is 0 Å². The molecule has 2 heterocycles. The zero-order valence-electron chi connectivity index (χ0n) is 10.5. The monoisotopic (exact) mass is 284 g/mol. The van der Waals surface area contributed by atoms with Gasteiger partial charge < -0.3 is 9.88 Å². The van der Waals surface area contributed by atoms with Gasteiger partial charge in [-0.2, -0.15) is 15.2 Å². The van der Waals surface area contributed by atoms with Crippen molar-refractivity contribution in [2.45, 2.75) is 0 Å². The van der Waals surface area contributed by atoms with Gasteiger partial charge in [-0.15, -0.1) is 0 Å². The summed E-state index contributed by atoms with van der Waals surface area (Å²) in [5.74, 6) is 0.570. The number of nitrogens with one attached hydrogen (secondary N) is 1. The smallest absolute Gasteiger partial charge is 0.226 e. The molecule has 0 fully saturated rings. The summed E-state index contributed by atoms with van der Waals surface area (Å²) in [7, 11) is 1.81. The third kappa shape index (κ3) is 1.94. The number of halogens is 1. The van der Waals surface area contributed by atoms with Crippen LogP contribution in [0.2, 0.25) is 5.28 Å². The summed E-state index contributed by atoms with van der Waals surface area (Å²) in [4.78, 5) is 17.1. The minimum absolute atomic E-state index is 0.112. The molecule has 20 heavy (non-hydrogen) atoms. The second-order valence-electron chi connectivity index (χ2n) is 4.11. The number of hydrogen-bond acceptors (Lipinski definition) is 5. The maximum Gasteiger partial charge on any atom is 0.226 e. The first-order chi connectivity index (χ1) is 9.70. The minimum Gasteiger partial charge on any atom is -0.340 e. The van der Waals surface area contributed by atoms with Crippen LogP contribution in [0.3, 0.4) is 0 Å². The Morgan fingerprint density at radius 1 is 1.30 bits per heavy atom. The van der Waals surface area contributed by atoms with Crippen LogP contribution < -0.4 is 4.90 Å². The van der Waals surface area contributed by atoms with Gasteiger partial charge in [0.2, 0.25) is 5.28 Å². The lowest BCUT2D eigenvalue weighted by Crippen LogP contribution is -2.13. The van der Waals surface area contributed by atoms with Crippen molar-refractivity contribution in [2.75, 3.05) is 11.9 Å². The van der Waals surface area contributed by atoms with Gasteiger partial charge in [0.1, 0.15) is 11.6 Å². The zero-order chi connectivity index (χ0) is 14.1. The lowest BCUT2D eigenvalue weighted by molar-refractivity contribution is 1.10. The molecule has 0 aliphatic heterocycles. The number of anilines is 2. The highest BCUT2D eigenvalue weighted by molar-refractivity contribution is 6.28. The first-order valence-electron chi connectivity index (χ1n) is 5.80. The number of hydrogen-bond donors (Lipinski definition) is 1. The molecule has 0 atom stereocenters. The van der Waals surface area contributed by atoms with Crippen LogP contribution in [0.25, 0.3) is 11.2 Å². The topological polar surface area (TPSA) is 81.5 Å². The molecule has 6 nitrogen and oxygen atoms in total. The SMILES string of the molecule is CN(c1ccccc1C#N)c1nc(Cl)nc2nc[nH]c12. The molecule has 0 saturated carbocycles. The van der Waals surface area contributed by atoms with Crippen molar-refractivity contribution >= 4 is 34.3 Å². The Morgan fingerprint density at radius 3 is 2.90 bits per heavy atom. The second kappa shape index (κ2) is 4.79. The van der Waals surface area contributed by atoms with Crippen LogP contribution in [-0.4, -0.2) is 27.0 Å². The number of H-pyrrole nitrogens is 1. The number of benzene rings is 1. The van der Waals surface area contributed by atoms with Crippen LogP contribution in [0.4, 0.5) is 11.5 Å². The van der Waals surface area contributed by atoms with Crippen LogP contribution in [0.1, 0.15) is 5.56 Å². The van der Waals surface area contributed by atoms with Crippen molar-refractivity contribution < 1.29 is 0 Å². The highest BCUT2D eigenvalue weighted by atomic mass is 35.5. The summed E-state index contributed by atoms with van der Waals surface area (Å²) in [6, 6.07) is 9.43. The summed E-state index contributed by atoms with van der Waals surface area (Å²) in [5.41, 5.74) is 2.45. The Balaban J connectivity index is 2.20. The molecule has 3 aromatic rings. The van der Waals surface area contributed by atoms with Gasteiger partial charge in [0.15, 0.2) is 11.5 Å². The van der Waals surface area contributed by atoms with Crippen molar-refractivity contribution in [2.24, 2.45) is 0 Å². The maximum atomic E-state index is 9.19. The molecule has 0 radical (unpaired) electrons. The second-order valence-corrected chi connectivity index (χ2v) is 4.44. The molecular weight excluding hydrogens is 276 g/mol. The van der Waals surface area contributed by atoms with E-state index in [1.165, 1.54) is 6.33 Å².